The fourth-order valence-electron chi connectivity index (χ4n) is 21.5. The minimum absolute atomic E-state index is 0.0515. The van der Waals surface area contributed by atoms with Crippen LogP contribution in [0.3, 0.4) is 0 Å². The number of carbonyl (C=O) groups is 4. The van der Waals surface area contributed by atoms with Crippen molar-refractivity contribution in [3.05, 3.63) is 189 Å². The number of benzene rings is 4. The molecule has 12 aliphatic rings. The molecule has 4 fully saturated rings. The molecule has 4 amide bonds. The van der Waals surface area contributed by atoms with Gasteiger partial charge in [-0.2, -0.15) is 41.0 Å². The zero-order chi connectivity index (χ0) is 91.0. The third-order valence-corrected chi connectivity index (χ3v) is 28.8. The normalized spacial score (nSPS) is 21.1. The number of hydrogen-bond donors (Lipinski definition) is 1. The molecule has 33 heteroatoms. The number of amides is 4. The molecule has 23 rings (SSSR count). The number of allylic oxidation sites excluding steroid dienone is 1. The minimum Gasteiger partial charge on any atom is -0.404 e. The Morgan fingerprint density at radius 3 is 1.17 bits per heavy atom. The van der Waals surface area contributed by atoms with Gasteiger partial charge in [-0.25, -0.2) is 0 Å². The van der Waals surface area contributed by atoms with Crippen molar-refractivity contribution in [3.63, 3.8) is 0 Å². The van der Waals surface area contributed by atoms with Gasteiger partial charge in [-0.05, 0) is 119 Å². The van der Waals surface area contributed by atoms with Gasteiger partial charge in [-0.15, -0.1) is 0 Å². The quantitative estimate of drug-likeness (QED) is 0.0988. The molecule has 4 saturated heterocycles. The van der Waals surface area contributed by atoms with Gasteiger partial charge in [0.1, 0.15) is 0 Å². The fourth-order valence-corrected chi connectivity index (χ4v) is 21.5. The minimum atomic E-state index is 0.0515. The van der Waals surface area contributed by atoms with Crippen LogP contribution >= 0.6 is 0 Å². The van der Waals surface area contributed by atoms with Crippen molar-refractivity contribution in [2.24, 2.45) is 31.9 Å². The number of nitrogens with zero attached hydrogens (tertiary/aromatic N) is 24. The predicted octanol–water partition coefficient (Wildman–Crippen LogP) is 12.2. The number of ether oxygens (including phenoxy) is 4. The summed E-state index contributed by atoms with van der Waals surface area (Å²) in [5, 5.41) is 43.1. The molecular weight excluding hydrogens is 1670 g/mol. The van der Waals surface area contributed by atoms with E-state index in [1.165, 1.54) is 89.9 Å². The van der Waals surface area contributed by atoms with Crippen LogP contribution in [0.15, 0.2) is 121 Å². The Balaban J connectivity index is 0.000000110. The van der Waals surface area contributed by atoms with E-state index in [9.17, 15) is 24.4 Å². The van der Waals surface area contributed by atoms with E-state index in [2.05, 4.69) is 158 Å². The molecule has 12 aliphatic heterocycles. The molecule has 686 valence electrons. The van der Waals surface area contributed by atoms with Crippen LogP contribution in [-0.4, -0.2) is 230 Å². The van der Waals surface area contributed by atoms with Crippen molar-refractivity contribution in [2.45, 2.75) is 167 Å². The van der Waals surface area contributed by atoms with Crippen LogP contribution in [0.25, 0.3) is 39.0 Å². The molecule has 11 aromatic rings. The number of anilines is 8. The Morgan fingerprint density at radius 1 is 0.447 bits per heavy atom. The van der Waals surface area contributed by atoms with E-state index >= 15 is 0 Å². The molecule has 2 unspecified atom stereocenters. The van der Waals surface area contributed by atoms with Gasteiger partial charge in [0.25, 0.3) is 0 Å². The van der Waals surface area contributed by atoms with E-state index in [1.54, 1.807) is 47.2 Å². The van der Waals surface area contributed by atoms with E-state index < -0.39 is 0 Å². The van der Waals surface area contributed by atoms with Crippen molar-refractivity contribution in [1.29, 1.82) is 5.26 Å². The van der Waals surface area contributed by atoms with Gasteiger partial charge in [-0.3, -0.25) is 56.9 Å². The summed E-state index contributed by atoms with van der Waals surface area (Å²) in [6.45, 7) is 25.7. The standard InChI is InChI=1S/C26H31N7O2.2C25H30N6O2.C23H26N6O2/c1-17(34)31-9-6-25-23(15-31)26(30-33(25)21-7-10-35-16-21)32-14-19(5-8-27)22-11-18(3-4-24(22)32)20(12-28)13-29-2;2*1-16-12-30(23-5-4-18(10-21(16)23)19-11-26-28(3)13-19)25-22-14-29(17(2)32)8-6-24(22)31(27-25)20-7-9-33-15-20;1-15(30)27-7-6-22-20(12-27)23(25-29(22)19-13-31-14-19)28-8-5-17-9-16(3-4-21(17)28)18-10-24-26(2)11-18/h3-4,11-13,19,21H,5-7,9-10,14-16,28H2,1-2H3;2*4-5,10-11,13,16,20H,6-9,12,14-15H2,1-3H3;3-4,9-11,19H,5-8,12-14H2,1-2H3/t;16-,20+;16-,20-;/m.10./s1. The van der Waals surface area contributed by atoms with Crippen LogP contribution in [0.5, 0.6) is 0 Å². The van der Waals surface area contributed by atoms with Crippen LogP contribution in [0.4, 0.5) is 46.0 Å². The Bertz CT molecular complexity index is 6170. The highest BCUT2D eigenvalue weighted by molar-refractivity contribution is 6.10. The van der Waals surface area contributed by atoms with E-state index in [1.807, 2.05) is 85.6 Å². The van der Waals surface area contributed by atoms with Crippen LogP contribution in [0.2, 0.25) is 0 Å². The molecule has 0 bridgehead atoms. The molecule has 0 saturated carbocycles. The SMILES string of the molecule is CC(=O)N1CCc2c(c(N3CCc4cc(-c5cnn(C)c5)ccc43)nn2C2COC2)C1.CC(=O)N1CCc2c(c(N3C[C@@H](C)c4cc(-c5cnn(C)c5)ccc43)nn2[C@H]2CCOC2)C1.CC(=O)N1CCc2c(c(N3C[C@H](C)c4cc(-c5cnn(C)c5)ccc43)nn2[C@H]2CCOC2)C1.CN=CC(=CN)c1ccc2c(c1)C(CC#N)CN2c1nn(C2CCOC2)c2c1CN(C(C)=O)CC2. The van der Waals surface area contributed by atoms with Crippen molar-refractivity contribution in [3.8, 4) is 39.4 Å². The van der Waals surface area contributed by atoms with Gasteiger partial charge >= 0.3 is 0 Å². The van der Waals surface area contributed by atoms with Crippen LogP contribution in [0, 0.1) is 11.3 Å². The number of aryl methyl sites for hydroxylation is 3. The first-order valence-corrected chi connectivity index (χ1v) is 46.7. The first kappa shape index (κ1) is 87.0. The average molecular weight is 1790 g/mol. The lowest BCUT2D eigenvalue weighted by Crippen LogP contribution is -2.37. The van der Waals surface area contributed by atoms with Crippen LogP contribution in [-0.2, 0) is 118 Å². The number of fused-ring (bicyclic) bond motifs is 8. The summed E-state index contributed by atoms with van der Waals surface area (Å²) in [6.07, 6.45) is 22.8. The summed E-state index contributed by atoms with van der Waals surface area (Å²) in [7, 11) is 7.55. The fraction of sp³-hybridized carbons (Fsp3) is 0.465. The van der Waals surface area contributed by atoms with E-state index in [4.69, 9.17) is 45.1 Å². The highest BCUT2D eigenvalue weighted by atomic mass is 16.5. The first-order chi connectivity index (χ1) is 64.1. The maximum Gasteiger partial charge on any atom is 0.219 e. The molecule has 132 heavy (non-hydrogen) atoms. The number of rotatable bonds is 14. The van der Waals surface area contributed by atoms with Crippen molar-refractivity contribution in [1.82, 2.24) is 88.1 Å². The monoisotopic (exact) mass is 1780 g/mol. The van der Waals surface area contributed by atoms with E-state index in [0.29, 0.717) is 83.4 Å². The maximum absolute atomic E-state index is 12.2. The summed E-state index contributed by atoms with van der Waals surface area (Å²) in [6, 6.07) is 29.7. The highest BCUT2D eigenvalue weighted by Crippen LogP contribution is 2.51. The highest BCUT2D eigenvalue weighted by Gasteiger charge is 2.43. The third-order valence-electron chi connectivity index (χ3n) is 28.8. The number of carbonyl (C=O) groups excluding carboxylic acids is 4. The predicted molar refractivity (Wildman–Crippen MR) is 502 cm³/mol. The Morgan fingerprint density at radius 2 is 0.818 bits per heavy atom. The maximum atomic E-state index is 12.2. The van der Waals surface area contributed by atoms with Gasteiger partial charge in [0.15, 0.2) is 23.3 Å². The first-order valence-electron chi connectivity index (χ1n) is 46.7. The van der Waals surface area contributed by atoms with Crippen LogP contribution in [0.1, 0.15) is 182 Å². The average Bonchev–Trinajstić information content (AvgIpc) is 1.60. The van der Waals surface area contributed by atoms with E-state index in [0.717, 1.165) is 192 Å². The molecule has 0 aliphatic carbocycles. The molecule has 6 atom stereocenters. The Hall–Kier alpha value is -13.0. The molecule has 33 nitrogen and oxygen atoms in total. The second-order valence-electron chi connectivity index (χ2n) is 37.3. The zero-order valence-electron chi connectivity index (χ0n) is 77.2. The molecule has 19 heterocycles. The lowest BCUT2D eigenvalue weighted by Gasteiger charge is -2.31. The second kappa shape index (κ2) is 36.3. The molecule has 2 N–H and O–H groups in total. The Labute approximate surface area is 768 Å². The summed E-state index contributed by atoms with van der Waals surface area (Å²) in [4.78, 5) is 69.8. The molecule has 7 aromatic heterocycles. The van der Waals surface area contributed by atoms with Crippen molar-refractivity contribution >= 4 is 81.4 Å². The third kappa shape index (κ3) is 16.4. The summed E-state index contributed by atoms with van der Waals surface area (Å²) in [5.41, 5.74) is 34.1. The van der Waals surface area contributed by atoms with Gasteiger partial charge in [0.05, 0.1) is 108 Å². The Kier molecular flexibility index (Phi) is 23.9. The van der Waals surface area contributed by atoms with Crippen molar-refractivity contribution < 1.29 is 38.1 Å². The summed E-state index contributed by atoms with van der Waals surface area (Å²) >= 11 is 0. The van der Waals surface area contributed by atoms with Gasteiger partial charge < -0.3 is 63.9 Å². The lowest BCUT2D eigenvalue weighted by molar-refractivity contribution is -0.130. The second-order valence-corrected chi connectivity index (χ2v) is 37.3. The molecule has 0 radical (unpaired) electrons. The number of nitrogens with two attached hydrogens (primary N) is 1. The lowest BCUT2D eigenvalue weighted by atomic mass is 9.95. The number of nitriles is 1. The van der Waals surface area contributed by atoms with Gasteiger partial charge in [0, 0.05) is 299 Å². The molecule has 4 aromatic carbocycles. The summed E-state index contributed by atoms with van der Waals surface area (Å²) < 4.78 is 36.7. The zero-order valence-corrected chi connectivity index (χ0v) is 77.2. The number of hydrogen-bond acceptors (Lipinski definition) is 22. The topological polar surface area (TPSA) is 318 Å². The van der Waals surface area contributed by atoms with Gasteiger partial charge in [-0.1, -0.05) is 38.1 Å². The van der Waals surface area contributed by atoms with Crippen molar-refractivity contribution in [2.75, 3.05) is 132 Å². The van der Waals surface area contributed by atoms with E-state index in [-0.39, 0.29) is 47.7 Å². The molecule has 0 spiro atoms. The summed E-state index contributed by atoms with van der Waals surface area (Å²) in [5.74, 6) is 5.17. The van der Waals surface area contributed by atoms with Gasteiger partial charge in [0.2, 0.25) is 23.6 Å². The largest absolute Gasteiger partial charge is 0.404 e. The smallest absolute Gasteiger partial charge is 0.219 e. The number of aliphatic imine (C=N–C) groups is 1. The number of aromatic nitrogens is 14. The molecular formula is C99H117N25O8. The van der Waals surface area contributed by atoms with Crippen LogP contribution < -0.4 is 25.3 Å².